The minimum absolute atomic E-state index is 0.708. The van der Waals surface area contributed by atoms with E-state index in [1.807, 2.05) is 12.1 Å². The van der Waals surface area contributed by atoms with Gasteiger partial charge in [0.2, 0.25) is 0 Å². The van der Waals surface area contributed by atoms with Crippen LogP contribution < -0.4 is 10.4 Å². The van der Waals surface area contributed by atoms with Gasteiger partial charge >= 0.3 is 0 Å². The number of nitrogens with zero attached hydrogens (tertiary/aromatic N) is 2. The molecular formula is C10H13BN2O. The van der Waals surface area contributed by atoms with Crippen molar-refractivity contribution in [2.24, 2.45) is 0 Å². The molecule has 1 aromatic heterocycles. The molecule has 1 aliphatic heterocycles. The molecule has 0 spiro atoms. The van der Waals surface area contributed by atoms with Crippen LogP contribution in [0.1, 0.15) is 6.42 Å². The van der Waals surface area contributed by atoms with Crippen molar-refractivity contribution in [1.29, 1.82) is 0 Å². The third-order valence-corrected chi connectivity index (χ3v) is 2.32. The molecule has 0 aromatic carbocycles. The van der Waals surface area contributed by atoms with Gasteiger partial charge < -0.3 is 9.64 Å². The minimum atomic E-state index is 0.708. The first-order valence-corrected chi connectivity index (χ1v) is 4.90. The van der Waals surface area contributed by atoms with Gasteiger partial charge in [0, 0.05) is 25.9 Å². The molecule has 1 aliphatic rings. The molecule has 0 N–H and O–H groups in total. The second-order valence-electron chi connectivity index (χ2n) is 3.40. The van der Waals surface area contributed by atoms with E-state index in [4.69, 9.17) is 12.6 Å². The Morgan fingerprint density at radius 2 is 2.21 bits per heavy atom. The molecule has 3 nitrogen and oxygen atoms in total. The van der Waals surface area contributed by atoms with Gasteiger partial charge in [-0.2, -0.15) is 0 Å². The summed E-state index contributed by atoms with van der Waals surface area (Å²) in [5, 5.41) is 0. The van der Waals surface area contributed by atoms with Gasteiger partial charge in [0.15, 0.2) is 0 Å². The maximum atomic E-state index is 5.58. The summed E-state index contributed by atoms with van der Waals surface area (Å²) >= 11 is 0. The van der Waals surface area contributed by atoms with E-state index in [2.05, 4.69) is 9.88 Å². The van der Waals surface area contributed by atoms with Crippen LogP contribution in [0.3, 0.4) is 0 Å². The molecule has 2 radical (unpaired) electrons. The summed E-state index contributed by atoms with van der Waals surface area (Å²) in [6.45, 7) is 3.56. The number of hydrogen-bond donors (Lipinski definition) is 0. The highest BCUT2D eigenvalue weighted by Crippen LogP contribution is 2.10. The topological polar surface area (TPSA) is 25.4 Å². The van der Waals surface area contributed by atoms with Gasteiger partial charge in [-0.25, -0.2) is 4.98 Å². The van der Waals surface area contributed by atoms with Crippen molar-refractivity contribution in [2.75, 3.05) is 31.2 Å². The van der Waals surface area contributed by atoms with E-state index in [-0.39, 0.29) is 0 Å². The third kappa shape index (κ3) is 2.26. The zero-order valence-corrected chi connectivity index (χ0v) is 8.15. The van der Waals surface area contributed by atoms with Gasteiger partial charge in [0.05, 0.1) is 6.61 Å². The number of pyridine rings is 1. The summed E-state index contributed by atoms with van der Waals surface area (Å²) in [4.78, 5) is 6.52. The largest absolute Gasteiger partial charge is 0.380 e. The van der Waals surface area contributed by atoms with E-state index in [1.165, 1.54) is 0 Å². The van der Waals surface area contributed by atoms with Crippen LogP contribution in [0.4, 0.5) is 5.82 Å². The number of hydrogen-bond acceptors (Lipinski definition) is 3. The molecule has 2 rings (SSSR count). The van der Waals surface area contributed by atoms with Gasteiger partial charge in [-0.15, -0.1) is 0 Å². The maximum absolute atomic E-state index is 5.58. The summed E-state index contributed by atoms with van der Waals surface area (Å²) in [6.07, 6.45) is 2.76. The summed E-state index contributed by atoms with van der Waals surface area (Å²) < 4.78 is 5.38. The van der Waals surface area contributed by atoms with Gasteiger partial charge in [0.1, 0.15) is 13.7 Å². The van der Waals surface area contributed by atoms with Crippen LogP contribution >= 0.6 is 0 Å². The van der Waals surface area contributed by atoms with Crippen LogP contribution in [0.2, 0.25) is 0 Å². The van der Waals surface area contributed by atoms with E-state index in [9.17, 15) is 0 Å². The predicted octanol–water partition coefficient (Wildman–Crippen LogP) is 0.102. The molecular weight excluding hydrogens is 175 g/mol. The maximum Gasteiger partial charge on any atom is 0.128 e. The molecule has 0 bridgehead atoms. The van der Waals surface area contributed by atoms with Crippen LogP contribution in [0.5, 0.6) is 0 Å². The monoisotopic (exact) mass is 188 g/mol. The number of ether oxygens (including phenoxy) is 1. The normalized spacial score (nSPS) is 17.9. The summed E-state index contributed by atoms with van der Waals surface area (Å²) in [5.41, 5.74) is 0.708. The molecule has 1 fully saturated rings. The lowest BCUT2D eigenvalue weighted by Crippen LogP contribution is -2.27. The van der Waals surface area contributed by atoms with E-state index in [0.29, 0.717) is 5.46 Å². The zero-order chi connectivity index (χ0) is 9.80. The zero-order valence-electron chi connectivity index (χ0n) is 8.15. The molecule has 72 valence electrons. The SMILES string of the molecule is [B]c1ccc(N2CCCOCC2)nc1. The molecule has 0 saturated carbocycles. The van der Waals surface area contributed by atoms with E-state index >= 15 is 0 Å². The van der Waals surface area contributed by atoms with Crippen LogP contribution in [-0.4, -0.2) is 39.1 Å². The Labute approximate surface area is 85.5 Å². The summed E-state index contributed by atoms with van der Waals surface area (Å²) in [5.74, 6) is 0.990. The number of rotatable bonds is 1. The predicted molar refractivity (Wildman–Crippen MR) is 57.3 cm³/mol. The quantitative estimate of drug-likeness (QED) is 0.584. The van der Waals surface area contributed by atoms with Crippen LogP contribution in [0.25, 0.3) is 0 Å². The fraction of sp³-hybridized carbons (Fsp3) is 0.500. The number of anilines is 1. The van der Waals surface area contributed by atoms with Gasteiger partial charge in [-0.3, -0.25) is 0 Å². The second kappa shape index (κ2) is 4.46. The molecule has 0 amide bonds. The lowest BCUT2D eigenvalue weighted by molar-refractivity contribution is 0.152. The Hall–Kier alpha value is -1.03. The first-order chi connectivity index (χ1) is 6.86. The molecule has 0 aliphatic carbocycles. The van der Waals surface area contributed by atoms with Crippen molar-refractivity contribution in [3.05, 3.63) is 18.3 Å². The Morgan fingerprint density at radius 3 is 3.00 bits per heavy atom. The average molecular weight is 188 g/mol. The van der Waals surface area contributed by atoms with E-state index in [1.54, 1.807) is 6.20 Å². The Balaban J connectivity index is 2.08. The highest BCUT2D eigenvalue weighted by molar-refractivity contribution is 6.32. The minimum Gasteiger partial charge on any atom is -0.380 e. The summed E-state index contributed by atoms with van der Waals surface area (Å²) in [6, 6.07) is 3.84. The van der Waals surface area contributed by atoms with Crippen molar-refractivity contribution < 1.29 is 4.74 Å². The van der Waals surface area contributed by atoms with Crippen molar-refractivity contribution in [1.82, 2.24) is 4.98 Å². The first kappa shape index (κ1) is 9.53. The molecule has 0 unspecified atom stereocenters. The van der Waals surface area contributed by atoms with E-state index in [0.717, 1.165) is 38.5 Å². The average Bonchev–Trinajstić information content (AvgIpc) is 2.47. The fourth-order valence-electron chi connectivity index (χ4n) is 1.56. The Morgan fingerprint density at radius 1 is 1.29 bits per heavy atom. The van der Waals surface area contributed by atoms with Crippen LogP contribution in [-0.2, 0) is 4.74 Å². The molecule has 0 atom stereocenters. The third-order valence-electron chi connectivity index (χ3n) is 2.32. The van der Waals surface area contributed by atoms with Crippen molar-refractivity contribution in [3.63, 3.8) is 0 Å². The van der Waals surface area contributed by atoms with Gasteiger partial charge in [-0.1, -0.05) is 11.5 Å². The van der Waals surface area contributed by atoms with Crippen molar-refractivity contribution >= 4 is 19.1 Å². The van der Waals surface area contributed by atoms with Crippen molar-refractivity contribution in [2.45, 2.75) is 6.42 Å². The first-order valence-electron chi connectivity index (χ1n) is 4.90. The summed E-state index contributed by atoms with van der Waals surface area (Å²) in [7, 11) is 5.58. The lowest BCUT2D eigenvalue weighted by atomic mass is 9.99. The van der Waals surface area contributed by atoms with E-state index < -0.39 is 0 Å². The van der Waals surface area contributed by atoms with Gasteiger partial charge in [-0.05, 0) is 12.5 Å². The molecule has 4 heteroatoms. The smallest absolute Gasteiger partial charge is 0.128 e. The number of aromatic nitrogens is 1. The molecule has 14 heavy (non-hydrogen) atoms. The van der Waals surface area contributed by atoms with Crippen LogP contribution in [0.15, 0.2) is 18.3 Å². The Bertz CT molecular complexity index is 281. The second-order valence-corrected chi connectivity index (χ2v) is 3.40. The fourth-order valence-corrected chi connectivity index (χ4v) is 1.56. The van der Waals surface area contributed by atoms with Gasteiger partial charge in [0.25, 0.3) is 0 Å². The molecule has 1 saturated heterocycles. The molecule has 2 heterocycles. The highest BCUT2D eigenvalue weighted by atomic mass is 16.5. The molecule has 1 aromatic rings. The van der Waals surface area contributed by atoms with Crippen molar-refractivity contribution in [3.8, 4) is 0 Å². The lowest BCUT2D eigenvalue weighted by Gasteiger charge is -2.20. The highest BCUT2D eigenvalue weighted by Gasteiger charge is 2.10. The standard InChI is InChI=1S/C10H13BN2O/c11-9-2-3-10(12-8-9)13-4-1-6-14-7-5-13/h2-3,8H,1,4-7H2. The van der Waals surface area contributed by atoms with Crippen LogP contribution in [0, 0.1) is 0 Å². The Kier molecular flexibility index (Phi) is 3.04.